The Morgan fingerprint density at radius 3 is 2.32 bits per heavy atom. The number of rotatable bonds is 7. The molecular formula is C27H23F3N2O5. The van der Waals surface area contributed by atoms with Gasteiger partial charge in [0.2, 0.25) is 0 Å². The van der Waals surface area contributed by atoms with E-state index in [1.54, 1.807) is 36.4 Å². The lowest BCUT2D eigenvalue weighted by Gasteiger charge is -2.25. The quantitative estimate of drug-likeness (QED) is 0.250. The van der Waals surface area contributed by atoms with E-state index >= 15 is 0 Å². The van der Waals surface area contributed by atoms with E-state index in [0.29, 0.717) is 17.9 Å². The highest BCUT2D eigenvalue weighted by Crippen LogP contribution is 2.42. The SMILES string of the molecule is CC(C)COc1cccc(/C(O)=C2/C(=O)C(=O)N(c3ccc(OC(F)(F)F)cc3)C2c2ccncc2)c1. The van der Waals surface area contributed by atoms with Gasteiger partial charge in [-0.1, -0.05) is 26.0 Å². The zero-order valence-electron chi connectivity index (χ0n) is 19.9. The maximum atomic E-state index is 13.2. The van der Waals surface area contributed by atoms with Crippen LogP contribution in [0.2, 0.25) is 0 Å². The summed E-state index contributed by atoms with van der Waals surface area (Å²) in [6, 6.07) is 13.2. The molecule has 2 heterocycles. The molecule has 3 aromatic rings. The van der Waals surface area contributed by atoms with Crippen LogP contribution in [0.15, 0.2) is 78.6 Å². The van der Waals surface area contributed by atoms with Crippen LogP contribution in [0.3, 0.4) is 0 Å². The van der Waals surface area contributed by atoms with E-state index in [0.717, 1.165) is 17.0 Å². The van der Waals surface area contributed by atoms with E-state index in [4.69, 9.17) is 4.74 Å². The Morgan fingerprint density at radius 1 is 1.03 bits per heavy atom. The molecule has 1 unspecified atom stereocenters. The average molecular weight is 512 g/mol. The first-order valence-electron chi connectivity index (χ1n) is 11.3. The monoisotopic (exact) mass is 512 g/mol. The Morgan fingerprint density at radius 2 is 1.70 bits per heavy atom. The maximum absolute atomic E-state index is 13.2. The zero-order chi connectivity index (χ0) is 26.7. The third-order valence-electron chi connectivity index (χ3n) is 5.51. The minimum atomic E-state index is -4.88. The molecule has 0 aliphatic carbocycles. The van der Waals surface area contributed by atoms with Gasteiger partial charge in [-0.15, -0.1) is 13.2 Å². The molecule has 1 fully saturated rings. The Bertz CT molecular complexity index is 1320. The lowest BCUT2D eigenvalue weighted by atomic mass is 9.95. The fourth-order valence-electron chi connectivity index (χ4n) is 3.92. The van der Waals surface area contributed by atoms with Crippen LogP contribution in [0.1, 0.15) is 31.0 Å². The number of alkyl halides is 3. The van der Waals surface area contributed by atoms with Crippen molar-refractivity contribution in [1.29, 1.82) is 0 Å². The molecular weight excluding hydrogens is 489 g/mol. The van der Waals surface area contributed by atoms with Crippen LogP contribution in [0.4, 0.5) is 18.9 Å². The molecule has 1 amide bonds. The molecule has 1 saturated heterocycles. The molecule has 1 N–H and O–H groups in total. The predicted octanol–water partition coefficient (Wildman–Crippen LogP) is 5.64. The van der Waals surface area contributed by atoms with Crippen molar-refractivity contribution in [3.63, 3.8) is 0 Å². The van der Waals surface area contributed by atoms with Crippen molar-refractivity contribution in [2.45, 2.75) is 26.3 Å². The highest BCUT2D eigenvalue weighted by Gasteiger charge is 2.47. The molecule has 0 radical (unpaired) electrons. The van der Waals surface area contributed by atoms with Gasteiger partial charge < -0.3 is 14.6 Å². The van der Waals surface area contributed by atoms with Gasteiger partial charge in [0.15, 0.2) is 0 Å². The first-order valence-corrected chi connectivity index (χ1v) is 11.3. The number of nitrogens with zero attached hydrogens (tertiary/aromatic N) is 2. The average Bonchev–Trinajstić information content (AvgIpc) is 3.13. The minimum absolute atomic E-state index is 0.145. The molecule has 1 aliphatic heterocycles. The largest absolute Gasteiger partial charge is 0.573 e. The van der Waals surface area contributed by atoms with Crippen LogP contribution < -0.4 is 14.4 Å². The lowest BCUT2D eigenvalue weighted by molar-refractivity contribution is -0.274. The van der Waals surface area contributed by atoms with E-state index in [-0.39, 0.29) is 22.7 Å². The van der Waals surface area contributed by atoms with Crippen LogP contribution in [-0.4, -0.2) is 34.8 Å². The summed E-state index contributed by atoms with van der Waals surface area (Å²) in [5.41, 5.74) is 0.713. The van der Waals surface area contributed by atoms with Crippen LogP contribution in [0, 0.1) is 5.92 Å². The van der Waals surface area contributed by atoms with Crippen LogP contribution in [0.5, 0.6) is 11.5 Å². The molecule has 7 nitrogen and oxygen atoms in total. The fourth-order valence-corrected chi connectivity index (χ4v) is 3.92. The van der Waals surface area contributed by atoms with Crippen molar-refractivity contribution >= 4 is 23.1 Å². The number of anilines is 1. The summed E-state index contributed by atoms with van der Waals surface area (Å²) in [7, 11) is 0. The number of hydrogen-bond acceptors (Lipinski definition) is 6. The first kappa shape index (κ1) is 25.7. The number of ether oxygens (including phenoxy) is 2. The van der Waals surface area contributed by atoms with Gasteiger partial charge in [-0.2, -0.15) is 0 Å². The van der Waals surface area contributed by atoms with Crippen molar-refractivity contribution in [3.8, 4) is 11.5 Å². The number of aliphatic hydroxyl groups excluding tert-OH is 1. The van der Waals surface area contributed by atoms with E-state index in [2.05, 4.69) is 9.72 Å². The van der Waals surface area contributed by atoms with Crippen molar-refractivity contribution in [3.05, 3.63) is 89.8 Å². The maximum Gasteiger partial charge on any atom is 0.573 e. The third-order valence-corrected chi connectivity index (χ3v) is 5.51. The topological polar surface area (TPSA) is 89.0 Å². The Kier molecular flexibility index (Phi) is 7.19. The van der Waals surface area contributed by atoms with Crippen LogP contribution in [-0.2, 0) is 9.59 Å². The number of pyridine rings is 1. The van der Waals surface area contributed by atoms with Gasteiger partial charge in [-0.05, 0) is 60.0 Å². The minimum Gasteiger partial charge on any atom is -0.507 e. The molecule has 0 bridgehead atoms. The van der Waals surface area contributed by atoms with Gasteiger partial charge in [0, 0.05) is 23.6 Å². The van der Waals surface area contributed by atoms with Gasteiger partial charge in [-0.25, -0.2) is 0 Å². The molecule has 0 spiro atoms. The molecule has 1 aromatic heterocycles. The number of aromatic nitrogens is 1. The van der Waals surface area contributed by atoms with Crippen molar-refractivity contribution in [1.82, 2.24) is 4.98 Å². The second-order valence-corrected chi connectivity index (χ2v) is 8.72. The number of halogens is 3. The number of ketones is 1. The van der Waals surface area contributed by atoms with E-state index in [9.17, 15) is 27.9 Å². The van der Waals surface area contributed by atoms with Gasteiger partial charge in [-0.3, -0.25) is 19.5 Å². The normalized spacial score (nSPS) is 17.4. The molecule has 192 valence electrons. The van der Waals surface area contributed by atoms with E-state index in [1.807, 2.05) is 13.8 Å². The van der Waals surface area contributed by atoms with Gasteiger partial charge in [0.25, 0.3) is 11.7 Å². The number of carbonyl (C=O) groups is 2. The predicted molar refractivity (Wildman–Crippen MR) is 129 cm³/mol. The number of benzene rings is 2. The summed E-state index contributed by atoms with van der Waals surface area (Å²) < 4.78 is 47.4. The summed E-state index contributed by atoms with van der Waals surface area (Å²) in [4.78, 5) is 31.5. The number of amides is 1. The molecule has 1 aliphatic rings. The van der Waals surface area contributed by atoms with Crippen LogP contribution in [0.25, 0.3) is 5.76 Å². The number of hydrogen-bond donors (Lipinski definition) is 1. The Labute approximate surface area is 210 Å². The fraction of sp³-hybridized carbons (Fsp3) is 0.222. The van der Waals surface area contributed by atoms with Gasteiger partial charge in [0.1, 0.15) is 17.3 Å². The molecule has 10 heteroatoms. The number of carbonyl (C=O) groups excluding carboxylic acids is 2. The second kappa shape index (κ2) is 10.3. The number of aliphatic hydroxyl groups is 1. The lowest BCUT2D eigenvalue weighted by Crippen LogP contribution is -2.29. The van der Waals surface area contributed by atoms with Gasteiger partial charge >= 0.3 is 6.36 Å². The Hall–Kier alpha value is -4.34. The van der Waals surface area contributed by atoms with E-state index in [1.165, 1.54) is 24.5 Å². The summed E-state index contributed by atoms with van der Waals surface area (Å²) in [6.07, 6.45) is -1.94. The molecule has 2 aromatic carbocycles. The summed E-state index contributed by atoms with van der Waals surface area (Å²) in [5, 5.41) is 11.2. The second-order valence-electron chi connectivity index (χ2n) is 8.72. The zero-order valence-corrected chi connectivity index (χ0v) is 19.9. The molecule has 0 saturated carbocycles. The van der Waals surface area contributed by atoms with E-state index < -0.39 is 35.6 Å². The highest BCUT2D eigenvalue weighted by atomic mass is 19.4. The third kappa shape index (κ3) is 5.74. The number of Topliss-reactive ketones (excluding diaryl/α,β-unsaturated/α-hetero) is 1. The Balaban J connectivity index is 1.79. The standard InChI is InChI=1S/C27H23F3N2O5/c1-16(2)15-36-21-5-3-4-18(14-21)24(33)22-23(17-10-12-31-13-11-17)32(26(35)25(22)34)19-6-8-20(9-7-19)37-27(28,29)30/h3-14,16,23,33H,15H2,1-2H3/b24-22-. The summed E-state index contributed by atoms with van der Waals surface area (Å²) >= 11 is 0. The summed E-state index contributed by atoms with van der Waals surface area (Å²) in [6.45, 7) is 4.42. The smallest absolute Gasteiger partial charge is 0.507 e. The summed E-state index contributed by atoms with van der Waals surface area (Å²) in [5.74, 6) is -2.03. The van der Waals surface area contributed by atoms with Crippen molar-refractivity contribution in [2.75, 3.05) is 11.5 Å². The van der Waals surface area contributed by atoms with Gasteiger partial charge in [0.05, 0.1) is 18.2 Å². The van der Waals surface area contributed by atoms with Crippen molar-refractivity contribution < 1.29 is 37.3 Å². The first-order chi connectivity index (χ1) is 17.5. The van der Waals surface area contributed by atoms with Crippen molar-refractivity contribution in [2.24, 2.45) is 5.92 Å². The molecule has 4 rings (SSSR count). The molecule has 37 heavy (non-hydrogen) atoms. The van der Waals surface area contributed by atoms with Crippen LogP contribution >= 0.6 is 0 Å². The highest BCUT2D eigenvalue weighted by molar-refractivity contribution is 6.51. The molecule has 1 atom stereocenters.